The van der Waals surface area contributed by atoms with Crippen molar-refractivity contribution in [1.82, 2.24) is 0 Å². The molecule has 0 unspecified atom stereocenters. The van der Waals surface area contributed by atoms with Crippen molar-refractivity contribution in [2.75, 3.05) is 0 Å². The van der Waals surface area contributed by atoms with E-state index >= 15 is 0 Å². The molecule has 1 heteroatoms. The molecule has 132 valence electrons. The molecule has 0 radical (unpaired) electrons. The van der Waals surface area contributed by atoms with Crippen LogP contribution in [0.1, 0.15) is 65.2 Å². The van der Waals surface area contributed by atoms with Crippen molar-refractivity contribution < 1.29 is 4.79 Å². The van der Waals surface area contributed by atoms with Gasteiger partial charge in [-0.1, -0.05) is 73.3 Å². The van der Waals surface area contributed by atoms with Gasteiger partial charge in [0.2, 0.25) is 0 Å². The van der Waals surface area contributed by atoms with Crippen LogP contribution in [-0.4, -0.2) is 6.29 Å². The van der Waals surface area contributed by atoms with Gasteiger partial charge < -0.3 is 0 Å². The van der Waals surface area contributed by atoms with Crippen molar-refractivity contribution in [2.45, 2.75) is 65.2 Å². The highest BCUT2D eigenvalue weighted by Crippen LogP contribution is 2.06. The van der Waals surface area contributed by atoms with Crippen molar-refractivity contribution in [3.05, 3.63) is 72.4 Å². The van der Waals surface area contributed by atoms with Crippen LogP contribution in [0.2, 0.25) is 0 Å². The molecule has 0 bridgehead atoms. The van der Waals surface area contributed by atoms with Gasteiger partial charge in [-0.3, -0.25) is 4.79 Å². The first-order valence-electron chi connectivity index (χ1n) is 9.17. The largest absolute Gasteiger partial charge is 0.299 e. The van der Waals surface area contributed by atoms with Crippen LogP contribution in [0.15, 0.2) is 72.4 Å². The summed E-state index contributed by atoms with van der Waals surface area (Å²) in [5.74, 6) is 0. The Kier molecular flexibility index (Phi) is 17.6. The number of hydrogen-bond donors (Lipinski definition) is 0. The summed E-state index contributed by atoms with van der Waals surface area (Å²) < 4.78 is 0. The molecule has 0 rings (SSSR count). The zero-order valence-corrected chi connectivity index (χ0v) is 15.5. The van der Waals surface area contributed by atoms with Gasteiger partial charge in [0, 0.05) is 0 Å². The molecule has 0 N–H and O–H groups in total. The Labute approximate surface area is 149 Å². The highest BCUT2D eigenvalue weighted by Gasteiger charge is 1.88. The van der Waals surface area contributed by atoms with Crippen LogP contribution in [0.5, 0.6) is 0 Å². The van der Waals surface area contributed by atoms with Crippen LogP contribution < -0.4 is 0 Å². The summed E-state index contributed by atoms with van der Waals surface area (Å²) in [7, 11) is 0. The van der Waals surface area contributed by atoms with Gasteiger partial charge in [0.1, 0.15) is 6.29 Å². The van der Waals surface area contributed by atoms with E-state index in [2.05, 4.69) is 67.7 Å². The van der Waals surface area contributed by atoms with E-state index in [1.165, 1.54) is 0 Å². The molecule has 1 nitrogen and oxygen atoms in total. The number of aldehydes is 1. The standard InChI is InChI=1S/C23H34O/c1-3-4-5-6-7-8-9-10-11-12-13-14-15-16-17-18-19-20-23(2)21-22-24/h4-5,7-8,10-11,13-14,16-17,21-22H,3,6,9,12,15,18-20H2,1-2H3/b5-4-,8-7-,11-10-,14-13-,17-16-,23-21+. The molecule has 0 aromatic rings. The van der Waals surface area contributed by atoms with Crippen LogP contribution in [0, 0.1) is 0 Å². The Morgan fingerprint density at radius 2 is 1.17 bits per heavy atom. The molecule has 0 spiro atoms. The lowest BCUT2D eigenvalue weighted by atomic mass is 10.1. The fraction of sp³-hybridized carbons (Fsp3) is 0.435. The predicted octanol–water partition coefficient (Wildman–Crippen LogP) is 7.05. The third-order valence-electron chi connectivity index (χ3n) is 3.45. The second kappa shape index (κ2) is 19.2. The second-order valence-corrected chi connectivity index (χ2v) is 5.75. The molecule has 0 atom stereocenters. The number of rotatable bonds is 14. The lowest BCUT2D eigenvalue weighted by molar-refractivity contribution is -0.104. The summed E-state index contributed by atoms with van der Waals surface area (Å²) in [5, 5.41) is 0. The minimum atomic E-state index is 0.867. The Morgan fingerprint density at radius 3 is 1.62 bits per heavy atom. The lowest BCUT2D eigenvalue weighted by Gasteiger charge is -1.96. The molecule has 0 fully saturated rings. The third kappa shape index (κ3) is 18.2. The molecule has 0 aliphatic rings. The molecule has 0 heterocycles. The SMILES string of the molecule is CC/C=C\C/C=C\C/C=C\C/C=C\C/C=C\CCC/C(C)=C/C=O. The molecule has 0 aromatic heterocycles. The molecule has 0 aliphatic carbocycles. The quantitative estimate of drug-likeness (QED) is 0.145. The molecular formula is C23H34O. The Balaban J connectivity index is 3.53. The third-order valence-corrected chi connectivity index (χ3v) is 3.45. The number of hydrogen-bond acceptors (Lipinski definition) is 1. The summed E-state index contributed by atoms with van der Waals surface area (Å²) in [6, 6.07) is 0. The van der Waals surface area contributed by atoms with Gasteiger partial charge in [0.05, 0.1) is 0 Å². The maximum atomic E-state index is 10.3. The highest BCUT2D eigenvalue weighted by atomic mass is 16.1. The average Bonchev–Trinajstić information content (AvgIpc) is 2.58. The van der Waals surface area contributed by atoms with Gasteiger partial charge in [-0.2, -0.15) is 0 Å². The van der Waals surface area contributed by atoms with E-state index in [0.717, 1.165) is 63.2 Å². The van der Waals surface area contributed by atoms with Crippen LogP contribution >= 0.6 is 0 Å². The van der Waals surface area contributed by atoms with E-state index in [1.807, 2.05) is 6.92 Å². The van der Waals surface area contributed by atoms with E-state index in [1.54, 1.807) is 6.08 Å². The van der Waals surface area contributed by atoms with Gasteiger partial charge in [-0.15, -0.1) is 0 Å². The van der Waals surface area contributed by atoms with Gasteiger partial charge in [0.25, 0.3) is 0 Å². The van der Waals surface area contributed by atoms with Crippen molar-refractivity contribution in [1.29, 1.82) is 0 Å². The minimum Gasteiger partial charge on any atom is -0.299 e. The van der Waals surface area contributed by atoms with Crippen LogP contribution in [0.4, 0.5) is 0 Å². The highest BCUT2D eigenvalue weighted by molar-refractivity contribution is 5.65. The van der Waals surface area contributed by atoms with Gasteiger partial charge >= 0.3 is 0 Å². The van der Waals surface area contributed by atoms with Gasteiger partial charge in [-0.25, -0.2) is 0 Å². The van der Waals surface area contributed by atoms with E-state index in [9.17, 15) is 4.79 Å². The van der Waals surface area contributed by atoms with Gasteiger partial charge in [-0.05, 0) is 64.4 Å². The molecule has 24 heavy (non-hydrogen) atoms. The first kappa shape index (κ1) is 22.1. The minimum absolute atomic E-state index is 0.867. The van der Waals surface area contributed by atoms with Crippen molar-refractivity contribution in [3.63, 3.8) is 0 Å². The summed E-state index contributed by atoms with van der Waals surface area (Å²) in [5.41, 5.74) is 1.16. The maximum Gasteiger partial charge on any atom is 0.142 e. The monoisotopic (exact) mass is 326 g/mol. The first-order chi connectivity index (χ1) is 11.8. The van der Waals surface area contributed by atoms with Crippen LogP contribution in [-0.2, 0) is 4.79 Å². The average molecular weight is 327 g/mol. The molecule has 0 aromatic carbocycles. The van der Waals surface area contributed by atoms with Crippen molar-refractivity contribution in [2.24, 2.45) is 0 Å². The van der Waals surface area contributed by atoms with E-state index in [4.69, 9.17) is 0 Å². The topological polar surface area (TPSA) is 17.1 Å². The predicted molar refractivity (Wildman–Crippen MR) is 108 cm³/mol. The Morgan fingerprint density at radius 1 is 0.708 bits per heavy atom. The summed E-state index contributed by atoms with van der Waals surface area (Å²) in [6.45, 7) is 4.16. The molecule has 0 amide bonds. The number of allylic oxidation sites excluding steroid dienone is 12. The zero-order chi connectivity index (χ0) is 17.7. The molecule has 0 saturated heterocycles. The number of carbonyl (C=O) groups excluding carboxylic acids is 1. The molecule has 0 aliphatic heterocycles. The van der Waals surface area contributed by atoms with E-state index in [-0.39, 0.29) is 0 Å². The Bertz CT molecular complexity index is 458. The second-order valence-electron chi connectivity index (χ2n) is 5.75. The maximum absolute atomic E-state index is 10.3. The fourth-order valence-electron chi connectivity index (χ4n) is 2.07. The molecular weight excluding hydrogens is 292 g/mol. The Hall–Kier alpha value is -1.89. The first-order valence-corrected chi connectivity index (χ1v) is 9.17. The summed E-state index contributed by atoms with van der Waals surface area (Å²) in [4.78, 5) is 10.3. The van der Waals surface area contributed by atoms with E-state index < -0.39 is 0 Å². The van der Waals surface area contributed by atoms with Crippen LogP contribution in [0.25, 0.3) is 0 Å². The van der Waals surface area contributed by atoms with Crippen molar-refractivity contribution in [3.8, 4) is 0 Å². The fourth-order valence-corrected chi connectivity index (χ4v) is 2.07. The summed E-state index contributed by atoms with van der Waals surface area (Å²) >= 11 is 0. The van der Waals surface area contributed by atoms with Crippen LogP contribution in [0.3, 0.4) is 0 Å². The number of unbranched alkanes of at least 4 members (excludes halogenated alkanes) is 1. The zero-order valence-electron chi connectivity index (χ0n) is 15.5. The van der Waals surface area contributed by atoms with E-state index in [0.29, 0.717) is 0 Å². The van der Waals surface area contributed by atoms with Crippen molar-refractivity contribution >= 4 is 6.29 Å². The smallest absolute Gasteiger partial charge is 0.142 e. The molecule has 0 saturated carbocycles. The normalized spacial score (nSPS) is 13.5. The lowest BCUT2D eigenvalue weighted by Crippen LogP contribution is -1.78. The number of carbonyl (C=O) groups is 1. The summed E-state index contributed by atoms with van der Waals surface area (Å²) in [6.07, 6.45) is 33.1. The van der Waals surface area contributed by atoms with Gasteiger partial charge in [0.15, 0.2) is 0 Å².